The van der Waals surface area contributed by atoms with Gasteiger partial charge in [0.15, 0.2) is 0 Å². The number of ether oxygens (including phenoxy) is 1. The molecule has 0 radical (unpaired) electrons. The van der Waals surface area contributed by atoms with E-state index in [1.807, 2.05) is 0 Å². The van der Waals surface area contributed by atoms with Crippen molar-refractivity contribution in [3.05, 3.63) is 33.4 Å². The van der Waals surface area contributed by atoms with Crippen molar-refractivity contribution >= 4 is 34.7 Å². The van der Waals surface area contributed by atoms with Crippen LogP contribution in [0.2, 0.25) is 5.15 Å². The molecule has 2 aromatic heterocycles. The molecule has 110 valence electrons. The van der Waals surface area contributed by atoms with Gasteiger partial charge in [-0.1, -0.05) is 11.6 Å². The normalized spacial score (nSPS) is 18.0. The largest absolute Gasteiger partial charge is 0.465 e. The van der Waals surface area contributed by atoms with Gasteiger partial charge >= 0.3 is 5.97 Å². The molecule has 2 aromatic rings. The molecule has 0 N–H and O–H groups in total. The molecule has 1 unspecified atom stereocenters. The molecule has 1 saturated heterocycles. The van der Waals surface area contributed by atoms with Crippen molar-refractivity contribution in [2.75, 3.05) is 25.1 Å². The van der Waals surface area contributed by atoms with Crippen LogP contribution in [0.5, 0.6) is 0 Å². The first kappa shape index (κ1) is 14.2. The number of rotatable bonds is 3. The summed E-state index contributed by atoms with van der Waals surface area (Å²) in [4.78, 5) is 18.0. The van der Waals surface area contributed by atoms with Gasteiger partial charge in [-0.3, -0.25) is 0 Å². The summed E-state index contributed by atoms with van der Waals surface area (Å²) in [6.45, 7) is 1.64. The van der Waals surface area contributed by atoms with E-state index >= 15 is 0 Å². The fourth-order valence-electron chi connectivity index (χ4n) is 2.41. The van der Waals surface area contributed by atoms with Crippen LogP contribution in [0.3, 0.4) is 0 Å². The van der Waals surface area contributed by atoms with E-state index in [1.54, 1.807) is 22.9 Å². The lowest BCUT2D eigenvalue weighted by atomic mass is 10.1. The molecule has 3 heterocycles. The van der Waals surface area contributed by atoms with Gasteiger partial charge in [0.2, 0.25) is 0 Å². The van der Waals surface area contributed by atoms with Gasteiger partial charge in [0.1, 0.15) is 21.5 Å². The number of carbonyl (C=O) groups is 1. The summed E-state index contributed by atoms with van der Waals surface area (Å²) in [6.07, 6.45) is 0.983. The Morgan fingerprint density at radius 3 is 3.10 bits per heavy atom. The lowest BCUT2D eigenvalue weighted by Gasteiger charge is -2.17. The van der Waals surface area contributed by atoms with Gasteiger partial charge in [0, 0.05) is 19.0 Å². The molecule has 1 atom stereocenters. The Balaban J connectivity index is 1.81. The van der Waals surface area contributed by atoms with Crippen molar-refractivity contribution in [2.45, 2.75) is 12.3 Å². The number of hydrogen-bond acceptors (Lipinski definition) is 7. The summed E-state index contributed by atoms with van der Waals surface area (Å²) in [5, 5.41) is 9.32. The Morgan fingerprint density at radius 1 is 1.52 bits per heavy atom. The van der Waals surface area contributed by atoms with Gasteiger partial charge in [-0.05, 0) is 18.6 Å². The summed E-state index contributed by atoms with van der Waals surface area (Å²) < 4.78 is 4.73. The zero-order valence-corrected chi connectivity index (χ0v) is 12.9. The average Bonchev–Trinajstić information content (AvgIpc) is 3.16. The molecule has 1 aliphatic heterocycles. The fraction of sp³-hybridized carbons (Fsp3) is 0.385. The maximum atomic E-state index is 11.6. The van der Waals surface area contributed by atoms with E-state index in [1.165, 1.54) is 13.2 Å². The zero-order chi connectivity index (χ0) is 14.8. The SMILES string of the molecule is COC(=O)c1cc(Cl)nc(N2CCC(c3nncs3)C2)c1. The molecule has 6 nitrogen and oxygen atoms in total. The molecule has 8 heteroatoms. The maximum absolute atomic E-state index is 11.6. The number of anilines is 1. The highest BCUT2D eigenvalue weighted by molar-refractivity contribution is 7.09. The molecule has 0 spiro atoms. The number of pyridine rings is 1. The van der Waals surface area contributed by atoms with E-state index in [0.29, 0.717) is 17.3 Å². The Kier molecular flexibility index (Phi) is 4.03. The Morgan fingerprint density at radius 2 is 2.38 bits per heavy atom. The molecule has 0 aromatic carbocycles. The Hall–Kier alpha value is -1.73. The number of methoxy groups -OCH3 is 1. The predicted octanol–water partition coefficient (Wildman–Crippen LogP) is 2.37. The van der Waals surface area contributed by atoms with Gasteiger partial charge in [0.05, 0.1) is 12.7 Å². The summed E-state index contributed by atoms with van der Waals surface area (Å²) in [7, 11) is 1.34. The first-order chi connectivity index (χ1) is 10.2. The van der Waals surface area contributed by atoms with Crippen LogP contribution in [0.1, 0.15) is 27.7 Å². The molecule has 21 heavy (non-hydrogen) atoms. The van der Waals surface area contributed by atoms with Gasteiger partial charge in [-0.15, -0.1) is 21.5 Å². The van der Waals surface area contributed by atoms with Crippen LogP contribution < -0.4 is 4.90 Å². The number of nitrogens with zero attached hydrogens (tertiary/aromatic N) is 4. The molecular weight excluding hydrogens is 312 g/mol. The van der Waals surface area contributed by atoms with E-state index in [2.05, 4.69) is 20.1 Å². The van der Waals surface area contributed by atoms with Crippen molar-refractivity contribution in [3.63, 3.8) is 0 Å². The topological polar surface area (TPSA) is 68.2 Å². The molecule has 0 aliphatic carbocycles. The summed E-state index contributed by atoms with van der Waals surface area (Å²) >= 11 is 7.56. The Bertz CT molecular complexity index is 650. The minimum Gasteiger partial charge on any atom is -0.465 e. The fourth-order valence-corrected chi connectivity index (χ4v) is 3.30. The summed E-state index contributed by atoms with van der Waals surface area (Å²) in [5.41, 5.74) is 2.15. The van der Waals surface area contributed by atoms with Gasteiger partial charge in [0.25, 0.3) is 0 Å². The number of carbonyl (C=O) groups excluding carboxylic acids is 1. The minimum atomic E-state index is -0.416. The van der Waals surface area contributed by atoms with Crippen LogP contribution in [-0.4, -0.2) is 41.3 Å². The molecule has 1 aliphatic rings. The molecule has 3 rings (SSSR count). The van der Waals surface area contributed by atoms with Crippen LogP contribution in [0.25, 0.3) is 0 Å². The average molecular weight is 325 g/mol. The van der Waals surface area contributed by atoms with Crippen LogP contribution in [-0.2, 0) is 4.74 Å². The second-order valence-corrected chi connectivity index (χ2v) is 5.99. The van der Waals surface area contributed by atoms with Crippen molar-refractivity contribution in [1.29, 1.82) is 0 Å². The second-order valence-electron chi connectivity index (χ2n) is 4.74. The smallest absolute Gasteiger partial charge is 0.338 e. The van der Waals surface area contributed by atoms with Crippen LogP contribution in [0.15, 0.2) is 17.6 Å². The highest BCUT2D eigenvalue weighted by atomic mass is 35.5. The van der Waals surface area contributed by atoms with E-state index in [0.717, 1.165) is 24.5 Å². The van der Waals surface area contributed by atoms with Gasteiger partial charge < -0.3 is 9.64 Å². The van der Waals surface area contributed by atoms with E-state index < -0.39 is 5.97 Å². The second kappa shape index (κ2) is 5.95. The predicted molar refractivity (Wildman–Crippen MR) is 80.1 cm³/mol. The van der Waals surface area contributed by atoms with Gasteiger partial charge in [-0.25, -0.2) is 9.78 Å². The third kappa shape index (κ3) is 2.98. The van der Waals surface area contributed by atoms with E-state index in [4.69, 9.17) is 16.3 Å². The molecule has 1 fully saturated rings. The zero-order valence-electron chi connectivity index (χ0n) is 11.3. The summed E-state index contributed by atoms with van der Waals surface area (Å²) in [6, 6.07) is 3.22. The number of aromatic nitrogens is 3. The maximum Gasteiger partial charge on any atom is 0.338 e. The van der Waals surface area contributed by atoms with Gasteiger partial charge in [-0.2, -0.15) is 0 Å². The van der Waals surface area contributed by atoms with E-state index in [9.17, 15) is 4.79 Å². The standard InChI is InChI=1S/C13H13ClN4O2S/c1-20-13(19)9-4-10(14)16-11(5-9)18-3-2-8(6-18)12-17-15-7-21-12/h4-5,7-8H,2-3,6H2,1H3. The third-order valence-electron chi connectivity index (χ3n) is 3.44. The van der Waals surface area contributed by atoms with E-state index in [-0.39, 0.29) is 5.15 Å². The van der Waals surface area contributed by atoms with Crippen molar-refractivity contribution in [1.82, 2.24) is 15.2 Å². The lowest BCUT2D eigenvalue weighted by Crippen LogP contribution is -2.21. The lowest BCUT2D eigenvalue weighted by molar-refractivity contribution is 0.0600. The number of esters is 1. The van der Waals surface area contributed by atoms with Crippen LogP contribution in [0.4, 0.5) is 5.82 Å². The number of hydrogen-bond donors (Lipinski definition) is 0. The molecule has 0 amide bonds. The summed E-state index contributed by atoms with van der Waals surface area (Å²) in [5.74, 6) is 0.621. The number of halogens is 1. The van der Waals surface area contributed by atoms with Crippen LogP contribution >= 0.6 is 22.9 Å². The monoisotopic (exact) mass is 324 g/mol. The molecule has 0 saturated carbocycles. The first-order valence-electron chi connectivity index (χ1n) is 6.44. The minimum absolute atomic E-state index is 0.285. The van der Waals surface area contributed by atoms with Crippen molar-refractivity contribution in [2.24, 2.45) is 0 Å². The highest BCUT2D eigenvalue weighted by Gasteiger charge is 2.27. The molecular formula is C13H13ClN4O2S. The quantitative estimate of drug-likeness (QED) is 0.638. The third-order valence-corrected chi connectivity index (χ3v) is 4.49. The molecule has 0 bridgehead atoms. The van der Waals surface area contributed by atoms with Crippen molar-refractivity contribution in [3.8, 4) is 0 Å². The highest BCUT2D eigenvalue weighted by Crippen LogP contribution is 2.31. The first-order valence-corrected chi connectivity index (χ1v) is 7.70. The van der Waals surface area contributed by atoms with Crippen LogP contribution in [0, 0.1) is 0 Å². The Labute approximate surface area is 130 Å². The van der Waals surface area contributed by atoms with Crippen molar-refractivity contribution < 1.29 is 9.53 Å².